The van der Waals surface area contributed by atoms with Gasteiger partial charge in [-0.1, -0.05) is 31.4 Å². The number of aliphatic hydroxyl groups is 1. The number of aliphatic hydroxyl groups excluding tert-OH is 1. The van der Waals surface area contributed by atoms with Crippen LogP contribution in [0, 0.1) is 5.92 Å². The first kappa shape index (κ1) is 15.3. The van der Waals surface area contributed by atoms with Crippen LogP contribution in [-0.2, 0) is 11.2 Å². The first-order valence-corrected chi connectivity index (χ1v) is 8.39. The van der Waals surface area contributed by atoms with Gasteiger partial charge in [0, 0.05) is 12.6 Å². The molecule has 1 aromatic carbocycles. The summed E-state index contributed by atoms with van der Waals surface area (Å²) < 4.78 is 0. The van der Waals surface area contributed by atoms with E-state index >= 15 is 0 Å². The number of phenols is 1. The average Bonchev–Trinajstić information content (AvgIpc) is 2.92. The number of phenolic OH excluding ortho intramolecular Hbond substituents is 1. The summed E-state index contributed by atoms with van der Waals surface area (Å²) in [5.74, 6) is 0.861. The van der Waals surface area contributed by atoms with Crippen molar-refractivity contribution in [2.45, 2.75) is 57.1 Å². The molecule has 22 heavy (non-hydrogen) atoms. The van der Waals surface area contributed by atoms with E-state index in [0.29, 0.717) is 18.9 Å². The Labute approximate surface area is 131 Å². The smallest absolute Gasteiger partial charge is 0.227 e. The van der Waals surface area contributed by atoms with E-state index in [1.54, 1.807) is 24.3 Å². The lowest BCUT2D eigenvalue weighted by atomic mass is 9.82. The van der Waals surface area contributed by atoms with Crippen molar-refractivity contribution in [2.75, 3.05) is 6.54 Å². The number of benzene rings is 1. The predicted octanol–water partition coefficient (Wildman–Crippen LogP) is 2.48. The zero-order chi connectivity index (χ0) is 15.5. The third-order valence-corrected chi connectivity index (χ3v) is 5.13. The molecular weight excluding hydrogens is 278 g/mol. The Bertz CT molecular complexity index is 508. The van der Waals surface area contributed by atoms with E-state index in [9.17, 15) is 15.0 Å². The van der Waals surface area contributed by atoms with Gasteiger partial charge in [0.05, 0.1) is 12.5 Å². The van der Waals surface area contributed by atoms with E-state index in [2.05, 4.69) is 0 Å². The van der Waals surface area contributed by atoms with Gasteiger partial charge in [0.25, 0.3) is 0 Å². The first-order valence-electron chi connectivity index (χ1n) is 8.39. The van der Waals surface area contributed by atoms with E-state index in [1.165, 1.54) is 32.1 Å². The van der Waals surface area contributed by atoms with Gasteiger partial charge >= 0.3 is 0 Å². The van der Waals surface area contributed by atoms with E-state index < -0.39 is 0 Å². The Morgan fingerprint density at radius 3 is 2.50 bits per heavy atom. The molecule has 2 atom stereocenters. The maximum absolute atomic E-state index is 12.7. The quantitative estimate of drug-likeness (QED) is 0.902. The monoisotopic (exact) mass is 303 g/mol. The molecule has 2 aliphatic rings. The lowest BCUT2D eigenvalue weighted by molar-refractivity contribution is -0.132. The number of aromatic hydroxyl groups is 1. The number of carbonyl (C=O) groups is 1. The minimum atomic E-state index is -0.379. The standard InChI is InChI=1S/C18H25NO3/c20-15-8-6-13(7-9-15)10-18(22)19-12-16(21)11-17(19)14-4-2-1-3-5-14/h6-9,14,16-17,20-21H,1-5,10-12H2/t16-,17-/m0/s1. The average molecular weight is 303 g/mol. The van der Waals surface area contributed by atoms with Gasteiger partial charge in [-0.25, -0.2) is 0 Å². The molecule has 120 valence electrons. The first-order chi connectivity index (χ1) is 10.6. The van der Waals surface area contributed by atoms with Gasteiger partial charge in [-0.05, 0) is 42.9 Å². The van der Waals surface area contributed by atoms with Gasteiger partial charge in [0.15, 0.2) is 0 Å². The molecule has 4 nitrogen and oxygen atoms in total. The normalized spacial score (nSPS) is 26.3. The van der Waals surface area contributed by atoms with Gasteiger partial charge in [-0.3, -0.25) is 4.79 Å². The van der Waals surface area contributed by atoms with Crippen molar-refractivity contribution in [3.8, 4) is 5.75 Å². The van der Waals surface area contributed by atoms with Crippen LogP contribution in [0.1, 0.15) is 44.1 Å². The number of hydrogen-bond donors (Lipinski definition) is 2. The van der Waals surface area contributed by atoms with Crippen molar-refractivity contribution in [3.05, 3.63) is 29.8 Å². The summed E-state index contributed by atoms with van der Waals surface area (Å²) in [6.07, 6.45) is 6.85. The maximum atomic E-state index is 12.7. The number of rotatable bonds is 3. The Balaban J connectivity index is 1.67. The lowest BCUT2D eigenvalue weighted by Gasteiger charge is -2.34. The molecule has 0 bridgehead atoms. The molecule has 1 saturated heterocycles. The van der Waals surface area contributed by atoms with Gasteiger partial charge in [0.2, 0.25) is 5.91 Å². The molecule has 0 unspecified atom stereocenters. The van der Waals surface area contributed by atoms with Gasteiger partial charge < -0.3 is 15.1 Å². The van der Waals surface area contributed by atoms with E-state index in [1.807, 2.05) is 4.90 Å². The van der Waals surface area contributed by atoms with Crippen LogP contribution in [0.3, 0.4) is 0 Å². The number of β-amino-alcohol motifs (C(OH)–C–C–N with tert-alkyl or cyclic N) is 1. The fourth-order valence-corrected chi connectivity index (χ4v) is 3.99. The zero-order valence-electron chi connectivity index (χ0n) is 12.9. The number of hydrogen-bond acceptors (Lipinski definition) is 3. The molecule has 1 amide bonds. The van der Waals surface area contributed by atoms with Crippen LogP contribution in [0.25, 0.3) is 0 Å². The highest BCUT2D eigenvalue weighted by Gasteiger charge is 2.38. The van der Waals surface area contributed by atoms with Crippen LogP contribution in [0.15, 0.2) is 24.3 Å². The highest BCUT2D eigenvalue weighted by Crippen LogP contribution is 2.34. The molecule has 1 aliphatic heterocycles. The largest absolute Gasteiger partial charge is 0.508 e. The molecule has 0 aromatic heterocycles. The summed E-state index contributed by atoms with van der Waals surface area (Å²) in [5.41, 5.74) is 0.909. The van der Waals surface area contributed by atoms with Gasteiger partial charge in [0.1, 0.15) is 5.75 Å². The fourth-order valence-electron chi connectivity index (χ4n) is 3.99. The molecular formula is C18H25NO3. The summed E-state index contributed by atoms with van der Waals surface area (Å²) in [6.45, 7) is 0.470. The zero-order valence-corrected chi connectivity index (χ0v) is 12.9. The molecule has 2 N–H and O–H groups in total. The Morgan fingerprint density at radius 2 is 1.82 bits per heavy atom. The topological polar surface area (TPSA) is 60.8 Å². The summed E-state index contributed by atoms with van der Waals surface area (Å²) in [6, 6.07) is 7.00. The molecule has 0 spiro atoms. The van der Waals surface area contributed by atoms with Crippen molar-refractivity contribution < 1.29 is 15.0 Å². The Hall–Kier alpha value is -1.55. The second kappa shape index (κ2) is 6.69. The highest BCUT2D eigenvalue weighted by atomic mass is 16.3. The molecule has 1 heterocycles. The molecule has 1 aromatic rings. The van der Waals surface area contributed by atoms with E-state index in [0.717, 1.165) is 12.0 Å². The van der Waals surface area contributed by atoms with Crippen LogP contribution in [0.4, 0.5) is 0 Å². The van der Waals surface area contributed by atoms with Crippen LogP contribution in [-0.4, -0.2) is 39.7 Å². The number of carbonyl (C=O) groups excluding carboxylic acids is 1. The lowest BCUT2D eigenvalue weighted by Crippen LogP contribution is -2.41. The molecule has 1 aliphatic carbocycles. The number of nitrogens with zero attached hydrogens (tertiary/aromatic N) is 1. The molecule has 3 rings (SSSR count). The minimum absolute atomic E-state index is 0.0952. The Kier molecular flexibility index (Phi) is 4.67. The fraction of sp³-hybridized carbons (Fsp3) is 0.611. The summed E-state index contributed by atoms with van der Waals surface area (Å²) in [7, 11) is 0. The highest BCUT2D eigenvalue weighted by molar-refractivity contribution is 5.79. The van der Waals surface area contributed by atoms with Gasteiger partial charge in [-0.2, -0.15) is 0 Å². The van der Waals surface area contributed by atoms with Crippen molar-refractivity contribution in [3.63, 3.8) is 0 Å². The Morgan fingerprint density at radius 1 is 1.14 bits per heavy atom. The van der Waals surface area contributed by atoms with Crippen molar-refractivity contribution in [1.82, 2.24) is 4.90 Å². The minimum Gasteiger partial charge on any atom is -0.508 e. The third-order valence-electron chi connectivity index (χ3n) is 5.13. The second-order valence-electron chi connectivity index (χ2n) is 6.74. The molecule has 0 radical (unpaired) electrons. The van der Waals surface area contributed by atoms with Crippen LogP contribution < -0.4 is 0 Å². The van der Waals surface area contributed by atoms with Crippen LogP contribution in [0.2, 0.25) is 0 Å². The van der Waals surface area contributed by atoms with Crippen LogP contribution in [0.5, 0.6) is 5.75 Å². The molecule has 2 fully saturated rings. The van der Waals surface area contributed by atoms with E-state index in [4.69, 9.17) is 0 Å². The predicted molar refractivity (Wildman–Crippen MR) is 84.5 cm³/mol. The number of amides is 1. The van der Waals surface area contributed by atoms with E-state index in [-0.39, 0.29) is 23.8 Å². The van der Waals surface area contributed by atoms with Crippen molar-refractivity contribution in [2.24, 2.45) is 5.92 Å². The summed E-state index contributed by atoms with van der Waals surface area (Å²) in [5, 5.41) is 19.3. The molecule has 1 saturated carbocycles. The van der Waals surface area contributed by atoms with Crippen LogP contribution >= 0.6 is 0 Å². The SMILES string of the molecule is O=C(Cc1ccc(O)cc1)N1C[C@@H](O)C[C@H]1C1CCCCC1. The molecule has 4 heteroatoms. The third kappa shape index (κ3) is 3.43. The van der Waals surface area contributed by atoms with Crippen molar-refractivity contribution >= 4 is 5.91 Å². The summed E-state index contributed by atoms with van der Waals surface area (Å²) in [4.78, 5) is 14.6. The maximum Gasteiger partial charge on any atom is 0.227 e. The van der Waals surface area contributed by atoms with Crippen molar-refractivity contribution in [1.29, 1.82) is 0 Å². The van der Waals surface area contributed by atoms with Gasteiger partial charge in [-0.15, -0.1) is 0 Å². The number of likely N-dealkylation sites (tertiary alicyclic amines) is 1. The summed E-state index contributed by atoms with van der Waals surface area (Å²) >= 11 is 0. The second-order valence-corrected chi connectivity index (χ2v) is 6.74.